The molecular formula is C17H13ClN4O3. The van der Waals surface area contributed by atoms with Crippen molar-refractivity contribution in [2.75, 3.05) is 5.32 Å². The monoisotopic (exact) mass is 356 g/mol. The highest BCUT2D eigenvalue weighted by molar-refractivity contribution is 6.34. The Morgan fingerprint density at radius 2 is 1.80 bits per heavy atom. The number of rotatable bonds is 4. The Morgan fingerprint density at radius 1 is 1.16 bits per heavy atom. The van der Waals surface area contributed by atoms with Gasteiger partial charge in [-0.2, -0.15) is 5.10 Å². The molecule has 126 valence electrons. The Balaban J connectivity index is 1.97. The minimum absolute atomic E-state index is 0.0976. The van der Waals surface area contributed by atoms with Crippen molar-refractivity contribution in [1.82, 2.24) is 9.78 Å². The Labute approximate surface area is 148 Å². The van der Waals surface area contributed by atoms with Crippen LogP contribution in [-0.4, -0.2) is 20.6 Å². The largest absolute Gasteiger partial charge is 0.316 e. The van der Waals surface area contributed by atoms with Gasteiger partial charge in [-0.15, -0.1) is 0 Å². The lowest BCUT2D eigenvalue weighted by atomic mass is 10.2. The van der Waals surface area contributed by atoms with Gasteiger partial charge in [0.2, 0.25) is 0 Å². The van der Waals surface area contributed by atoms with Crippen LogP contribution in [0.2, 0.25) is 5.15 Å². The molecule has 0 aliphatic heterocycles. The van der Waals surface area contributed by atoms with Crippen molar-refractivity contribution >= 4 is 28.9 Å². The molecule has 25 heavy (non-hydrogen) atoms. The third kappa shape index (κ3) is 3.22. The first-order valence-electron chi connectivity index (χ1n) is 7.34. The minimum Gasteiger partial charge on any atom is -0.316 e. The summed E-state index contributed by atoms with van der Waals surface area (Å²) in [7, 11) is 0. The van der Waals surface area contributed by atoms with Gasteiger partial charge in [-0.05, 0) is 25.1 Å². The van der Waals surface area contributed by atoms with Crippen LogP contribution in [0.15, 0.2) is 54.6 Å². The molecule has 1 aromatic heterocycles. The van der Waals surface area contributed by atoms with E-state index in [1.54, 1.807) is 13.0 Å². The number of para-hydroxylation sites is 3. The maximum absolute atomic E-state index is 12.6. The van der Waals surface area contributed by atoms with Gasteiger partial charge in [-0.1, -0.05) is 41.9 Å². The van der Waals surface area contributed by atoms with E-state index in [2.05, 4.69) is 10.4 Å². The fourth-order valence-corrected chi connectivity index (χ4v) is 2.78. The lowest BCUT2D eigenvalue weighted by Gasteiger charge is -2.06. The van der Waals surface area contributed by atoms with Crippen LogP contribution in [0.3, 0.4) is 0 Å². The zero-order chi connectivity index (χ0) is 18.0. The van der Waals surface area contributed by atoms with Crippen LogP contribution in [0, 0.1) is 17.0 Å². The highest BCUT2D eigenvalue weighted by Gasteiger charge is 2.23. The molecule has 0 atom stereocenters. The van der Waals surface area contributed by atoms with Crippen molar-refractivity contribution in [3.63, 3.8) is 0 Å². The SMILES string of the molecule is Cc1nn(-c2ccccc2)c(Cl)c1C(=O)Nc1ccccc1[N+](=O)[O-]. The maximum atomic E-state index is 12.6. The van der Waals surface area contributed by atoms with Crippen LogP contribution in [-0.2, 0) is 0 Å². The van der Waals surface area contributed by atoms with Gasteiger partial charge in [0, 0.05) is 6.07 Å². The molecule has 0 saturated carbocycles. The smallest absolute Gasteiger partial charge is 0.292 e. The Kier molecular flexibility index (Phi) is 4.49. The van der Waals surface area contributed by atoms with Gasteiger partial charge in [0.15, 0.2) is 0 Å². The number of nitrogens with one attached hydrogen (secondary N) is 1. The molecule has 1 amide bonds. The summed E-state index contributed by atoms with van der Waals surface area (Å²) in [6.07, 6.45) is 0. The average Bonchev–Trinajstić information content (AvgIpc) is 2.90. The molecule has 7 nitrogen and oxygen atoms in total. The molecule has 1 N–H and O–H groups in total. The van der Waals surface area contributed by atoms with E-state index >= 15 is 0 Å². The second kappa shape index (κ2) is 6.74. The molecule has 0 spiro atoms. The molecule has 0 unspecified atom stereocenters. The van der Waals surface area contributed by atoms with Crippen LogP contribution in [0.25, 0.3) is 5.69 Å². The minimum atomic E-state index is -0.558. The van der Waals surface area contributed by atoms with Crippen LogP contribution in [0.1, 0.15) is 16.1 Å². The number of anilines is 1. The zero-order valence-corrected chi connectivity index (χ0v) is 13.9. The first-order chi connectivity index (χ1) is 12.0. The van der Waals surface area contributed by atoms with E-state index in [4.69, 9.17) is 11.6 Å². The Bertz CT molecular complexity index is 954. The summed E-state index contributed by atoms with van der Waals surface area (Å²) in [5.41, 5.74) is 1.20. The summed E-state index contributed by atoms with van der Waals surface area (Å²) in [5.74, 6) is -0.556. The van der Waals surface area contributed by atoms with Crippen molar-refractivity contribution in [1.29, 1.82) is 0 Å². The summed E-state index contributed by atoms with van der Waals surface area (Å²) in [4.78, 5) is 23.1. The van der Waals surface area contributed by atoms with E-state index < -0.39 is 10.8 Å². The van der Waals surface area contributed by atoms with E-state index in [9.17, 15) is 14.9 Å². The second-order valence-corrected chi connectivity index (χ2v) is 5.58. The van der Waals surface area contributed by atoms with Gasteiger partial charge in [0.25, 0.3) is 11.6 Å². The highest BCUT2D eigenvalue weighted by atomic mass is 35.5. The third-order valence-corrected chi connectivity index (χ3v) is 3.93. The molecule has 3 rings (SSSR count). The topological polar surface area (TPSA) is 90.1 Å². The number of carbonyl (C=O) groups is 1. The van der Waals surface area contributed by atoms with E-state index in [0.29, 0.717) is 11.4 Å². The average molecular weight is 357 g/mol. The lowest BCUT2D eigenvalue weighted by Crippen LogP contribution is -2.14. The molecule has 0 saturated heterocycles. The van der Waals surface area contributed by atoms with Crippen molar-refractivity contribution in [3.05, 3.63) is 81.1 Å². The number of nitro groups is 1. The van der Waals surface area contributed by atoms with E-state index in [1.165, 1.54) is 22.9 Å². The molecule has 0 aliphatic rings. The standard InChI is InChI=1S/C17H13ClN4O3/c1-11-15(16(18)21(20-11)12-7-3-2-4-8-12)17(23)19-13-9-5-6-10-14(13)22(24)25/h2-10H,1H3,(H,19,23). The number of hydrogen-bond donors (Lipinski definition) is 1. The lowest BCUT2D eigenvalue weighted by molar-refractivity contribution is -0.383. The number of aromatic nitrogens is 2. The van der Waals surface area contributed by atoms with Crippen LogP contribution >= 0.6 is 11.6 Å². The number of amides is 1. The van der Waals surface area contributed by atoms with Crippen molar-refractivity contribution in [2.24, 2.45) is 0 Å². The van der Waals surface area contributed by atoms with Gasteiger partial charge < -0.3 is 5.32 Å². The van der Waals surface area contributed by atoms with Crippen LogP contribution in [0.4, 0.5) is 11.4 Å². The van der Waals surface area contributed by atoms with Gasteiger partial charge in [0.05, 0.1) is 16.3 Å². The predicted molar refractivity (Wildman–Crippen MR) is 94.4 cm³/mol. The second-order valence-electron chi connectivity index (χ2n) is 5.23. The Morgan fingerprint density at radius 3 is 2.48 bits per heavy atom. The normalized spacial score (nSPS) is 10.5. The fraction of sp³-hybridized carbons (Fsp3) is 0.0588. The molecular weight excluding hydrogens is 344 g/mol. The number of nitrogens with zero attached hydrogens (tertiary/aromatic N) is 3. The van der Waals surface area contributed by atoms with Gasteiger partial charge in [-0.3, -0.25) is 14.9 Å². The molecule has 3 aromatic rings. The molecule has 0 fully saturated rings. The number of carbonyl (C=O) groups excluding carboxylic acids is 1. The summed E-state index contributed by atoms with van der Waals surface area (Å²) in [6.45, 7) is 1.65. The highest BCUT2D eigenvalue weighted by Crippen LogP contribution is 2.27. The molecule has 8 heteroatoms. The number of nitro benzene ring substituents is 1. The maximum Gasteiger partial charge on any atom is 0.292 e. The molecule has 0 aliphatic carbocycles. The molecule has 2 aromatic carbocycles. The summed E-state index contributed by atoms with van der Waals surface area (Å²) >= 11 is 6.33. The fourth-order valence-electron chi connectivity index (χ4n) is 2.42. The summed E-state index contributed by atoms with van der Waals surface area (Å²) in [6, 6.07) is 15.0. The summed E-state index contributed by atoms with van der Waals surface area (Å²) < 4.78 is 1.45. The predicted octanol–water partition coefficient (Wildman–Crippen LogP) is 3.99. The van der Waals surface area contributed by atoms with Gasteiger partial charge >= 0.3 is 0 Å². The third-order valence-electron chi connectivity index (χ3n) is 3.58. The van der Waals surface area contributed by atoms with Crippen molar-refractivity contribution in [2.45, 2.75) is 6.92 Å². The van der Waals surface area contributed by atoms with Gasteiger partial charge in [0.1, 0.15) is 16.4 Å². The number of hydrogen-bond acceptors (Lipinski definition) is 4. The first-order valence-corrected chi connectivity index (χ1v) is 7.72. The number of halogens is 1. The first kappa shape index (κ1) is 16.7. The van der Waals surface area contributed by atoms with E-state index in [1.807, 2.05) is 30.3 Å². The molecule has 0 bridgehead atoms. The van der Waals surface area contributed by atoms with Crippen molar-refractivity contribution < 1.29 is 9.72 Å². The number of aryl methyl sites for hydroxylation is 1. The summed E-state index contributed by atoms with van der Waals surface area (Å²) in [5, 5.41) is 18.0. The Hall–Kier alpha value is -3.19. The molecule has 0 radical (unpaired) electrons. The van der Waals surface area contributed by atoms with E-state index in [0.717, 1.165) is 0 Å². The van der Waals surface area contributed by atoms with E-state index in [-0.39, 0.29) is 22.1 Å². The van der Waals surface area contributed by atoms with Crippen LogP contribution < -0.4 is 5.32 Å². The number of benzene rings is 2. The quantitative estimate of drug-likeness (QED) is 0.565. The van der Waals surface area contributed by atoms with Crippen molar-refractivity contribution in [3.8, 4) is 5.69 Å². The molecule has 1 heterocycles. The van der Waals surface area contributed by atoms with Gasteiger partial charge in [-0.25, -0.2) is 4.68 Å². The van der Waals surface area contributed by atoms with Crippen LogP contribution in [0.5, 0.6) is 0 Å². The zero-order valence-electron chi connectivity index (χ0n) is 13.1.